The number of aromatic nitrogens is 1. The molecule has 106 valence electrons. The fraction of sp³-hybridized carbons (Fsp3) is 0.118. The first kappa shape index (κ1) is 13.4. The van der Waals surface area contributed by atoms with Crippen LogP contribution in [-0.4, -0.2) is 5.16 Å². The molecule has 2 aromatic carbocycles. The summed E-state index contributed by atoms with van der Waals surface area (Å²) < 4.78 is 5.11. The van der Waals surface area contributed by atoms with Crippen molar-refractivity contribution >= 4 is 5.69 Å². The minimum absolute atomic E-state index is 0.365. The van der Waals surface area contributed by atoms with E-state index in [0.29, 0.717) is 12.3 Å². The molecule has 3 aromatic rings. The Labute approximate surface area is 123 Å². The van der Waals surface area contributed by atoms with Crippen molar-refractivity contribution in [1.29, 1.82) is 0 Å². The van der Waals surface area contributed by atoms with E-state index in [1.807, 2.05) is 48.5 Å². The monoisotopic (exact) mass is 279 g/mol. The molecule has 0 fully saturated rings. The lowest BCUT2D eigenvalue weighted by Crippen LogP contribution is -1.98. The van der Waals surface area contributed by atoms with Crippen molar-refractivity contribution in [3.8, 4) is 11.3 Å². The Morgan fingerprint density at radius 2 is 1.76 bits per heavy atom. The van der Waals surface area contributed by atoms with E-state index in [0.717, 1.165) is 23.5 Å². The minimum atomic E-state index is 0.365. The molecule has 0 saturated carbocycles. The molecule has 4 nitrogen and oxygen atoms in total. The summed E-state index contributed by atoms with van der Waals surface area (Å²) in [6.45, 7) is 1.17. The summed E-state index contributed by atoms with van der Waals surface area (Å²) >= 11 is 0. The lowest BCUT2D eigenvalue weighted by Gasteiger charge is -2.06. The van der Waals surface area contributed by atoms with Crippen LogP contribution in [0.3, 0.4) is 0 Å². The molecule has 1 aromatic heterocycles. The van der Waals surface area contributed by atoms with Gasteiger partial charge in [0, 0.05) is 23.9 Å². The predicted octanol–water partition coefficient (Wildman–Crippen LogP) is 3.41. The van der Waals surface area contributed by atoms with Gasteiger partial charge in [0.1, 0.15) is 5.69 Å². The van der Waals surface area contributed by atoms with Crippen molar-refractivity contribution in [2.24, 2.45) is 5.73 Å². The van der Waals surface area contributed by atoms with Crippen LogP contribution in [0.25, 0.3) is 11.3 Å². The summed E-state index contributed by atoms with van der Waals surface area (Å²) in [5, 5.41) is 7.40. The van der Waals surface area contributed by atoms with Crippen LogP contribution in [0, 0.1) is 0 Å². The first-order chi connectivity index (χ1) is 10.3. The van der Waals surface area contributed by atoms with Crippen molar-refractivity contribution in [3.05, 3.63) is 72.0 Å². The van der Waals surface area contributed by atoms with Gasteiger partial charge in [-0.1, -0.05) is 47.6 Å². The van der Waals surface area contributed by atoms with E-state index in [1.54, 1.807) is 0 Å². The van der Waals surface area contributed by atoms with E-state index in [-0.39, 0.29) is 0 Å². The first-order valence-electron chi connectivity index (χ1n) is 6.89. The van der Waals surface area contributed by atoms with Crippen molar-refractivity contribution in [3.63, 3.8) is 0 Å². The van der Waals surface area contributed by atoms with Gasteiger partial charge in [-0.05, 0) is 17.7 Å². The molecule has 0 bridgehead atoms. The molecule has 0 unspecified atom stereocenters. The normalized spacial score (nSPS) is 10.5. The van der Waals surface area contributed by atoms with Gasteiger partial charge >= 0.3 is 0 Å². The van der Waals surface area contributed by atoms with E-state index in [4.69, 9.17) is 10.3 Å². The number of nitrogens with one attached hydrogen (secondary N) is 1. The number of anilines is 1. The summed E-state index contributed by atoms with van der Waals surface area (Å²) in [5.41, 5.74) is 9.67. The molecule has 4 heteroatoms. The molecule has 0 aliphatic carbocycles. The highest BCUT2D eigenvalue weighted by Gasteiger charge is 2.05. The Morgan fingerprint density at radius 3 is 2.43 bits per heavy atom. The second-order valence-electron chi connectivity index (χ2n) is 4.80. The van der Waals surface area contributed by atoms with Gasteiger partial charge < -0.3 is 15.6 Å². The van der Waals surface area contributed by atoms with E-state index in [1.165, 1.54) is 5.56 Å². The van der Waals surface area contributed by atoms with Crippen molar-refractivity contribution in [2.45, 2.75) is 13.1 Å². The highest BCUT2D eigenvalue weighted by atomic mass is 16.5. The number of benzene rings is 2. The number of rotatable bonds is 5. The maximum atomic E-state index is 5.52. The predicted molar refractivity (Wildman–Crippen MR) is 83.6 cm³/mol. The van der Waals surface area contributed by atoms with Crippen LogP contribution < -0.4 is 11.1 Å². The number of hydrogen-bond donors (Lipinski definition) is 2. The molecule has 1 heterocycles. The third-order valence-electron chi connectivity index (χ3n) is 3.28. The van der Waals surface area contributed by atoms with Crippen LogP contribution >= 0.6 is 0 Å². The van der Waals surface area contributed by atoms with Crippen LogP contribution in [-0.2, 0) is 13.1 Å². The Bertz CT molecular complexity index is 690. The standard InChI is InChI=1S/C17H17N3O/c18-11-16-10-17(20-21-16)14-6-8-15(9-7-14)19-12-13-4-2-1-3-5-13/h1-10,19H,11-12,18H2. The second-order valence-corrected chi connectivity index (χ2v) is 4.80. The zero-order chi connectivity index (χ0) is 14.5. The minimum Gasteiger partial charge on any atom is -0.381 e. The van der Waals surface area contributed by atoms with Crippen molar-refractivity contribution in [1.82, 2.24) is 5.16 Å². The number of nitrogens with zero attached hydrogens (tertiary/aromatic N) is 1. The van der Waals surface area contributed by atoms with E-state index >= 15 is 0 Å². The molecule has 0 aliphatic heterocycles. The molecule has 0 radical (unpaired) electrons. The molecule has 0 aliphatic rings. The smallest absolute Gasteiger partial charge is 0.150 e. The molecular formula is C17H17N3O. The largest absolute Gasteiger partial charge is 0.381 e. The first-order valence-corrected chi connectivity index (χ1v) is 6.89. The summed E-state index contributed by atoms with van der Waals surface area (Å²) in [7, 11) is 0. The van der Waals surface area contributed by atoms with Gasteiger partial charge in [-0.15, -0.1) is 0 Å². The number of nitrogens with two attached hydrogens (primary N) is 1. The molecule has 0 spiro atoms. The fourth-order valence-corrected chi connectivity index (χ4v) is 2.10. The SMILES string of the molecule is NCc1cc(-c2ccc(NCc3ccccc3)cc2)no1. The third-order valence-corrected chi connectivity index (χ3v) is 3.28. The van der Waals surface area contributed by atoms with E-state index in [9.17, 15) is 0 Å². The average Bonchev–Trinajstić information content (AvgIpc) is 3.03. The third kappa shape index (κ3) is 3.30. The molecular weight excluding hydrogens is 262 g/mol. The van der Waals surface area contributed by atoms with Gasteiger partial charge in [-0.2, -0.15) is 0 Å². The fourth-order valence-electron chi connectivity index (χ4n) is 2.10. The highest BCUT2D eigenvalue weighted by Crippen LogP contribution is 2.21. The molecule has 3 N–H and O–H groups in total. The van der Waals surface area contributed by atoms with Gasteiger partial charge in [0.2, 0.25) is 0 Å². The molecule has 21 heavy (non-hydrogen) atoms. The zero-order valence-corrected chi connectivity index (χ0v) is 11.6. The van der Waals surface area contributed by atoms with Crippen LogP contribution in [0.2, 0.25) is 0 Å². The van der Waals surface area contributed by atoms with Gasteiger partial charge in [-0.25, -0.2) is 0 Å². The molecule has 3 rings (SSSR count). The van der Waals surface area contributed by atoms with E-state index < -0.39 is 0 Å². The topological polar surface area (TPSA) is 64.1 Å². The summed E-state index contributed by atoms with van der Waals surface area (Å²) in [4.78, 5) is 0. The van der Waals surface area contributed by atoms with Gasteiger partial charge in [-0.3, -0.25) is 0 Å². The Balaban J connectivity index is 1.66. The Hall–Kier alpha value is -2.59. The van der Waals surface area contributed by atoms with Crippen LogP contribution in [0.15, 0.2) is 65.2 Å². The second kappa shape index (κ2) is 6.24. The molecule has 0 atom stereocenters. The van der Waals surface area contributed by atoms with Crippen molar-refractivity contribution in [2.75, 3.05) is 5.32 Å². The van der Waals surface area contributed by atoms with Crippen LogP contribution in [0.1, 0.15) is 11.3 Å². The lowest BCUT2D eigenvalue weighted by molar-refractivity contribution is 0.387. The summed E-state index contributed by atoms with van der Waals surface area (Å²) in [5.74, 6) is 0.691. The summed E-state index contributed by atoms with van der Waals surface area (Å²) in [6, 6.07) is 20.3. The average molecular weight is 279 g/mol. The van der Waals surface area contributed by atoms with Gasteiger partial charge in [0.05, 0.1) is 6.54 Å². The quantitative estimate of drug-likeness (QED) is 0.751. The van der Waals surface area contributed by atoms with E-state index in [2.05, 4.69) is 22.6 Å². The Morgan fingerprint density at radius 1 is 1.00 bits per heavy atom. The van der Waals surface area contributed by atoms with Gasteiger partial charge in [0.15, 0.2) is 5.76 Å². The lowest BCUT2D eigenvalue weighted by atomic mass is 10.1. The van der Waals surface area contributed by atoms with Crippen molar-refractivity contribution < 1.29 is 4.52 Å². The maximum absolute atomic E-state index is 5.52. The molecule has 0 saturated heterocycles. The Kier molecular flexibility index (Phi) is 3.98. The maximum Gasteiger partial charge on any atom is 0.150 e. The summed E-state index contributed by atoms with van der Waals surface area (Å²) in [6.07, 6.45) is 0. The molecule has 0 amide bonds. The van der Waals surface area contributed by atoms with Crippen LogP contribution in [0.4, 0.5) is 5.69 Å². The van der Waals surface area contributed by atoms with Gasteiger partial charge in [0.25, 0.3) is 0 Å². The highest BCUT2D eigenvalue weighted by molar-refractivity contribution is 5.62. The number of hydrogen-bond acceptors (Lipinski definition) is 4. The van der Waals surface area contributed by atoms with Crippen LogP contribution in [0.5, 0.6) is 0 Å². The zero-order valence-electron chi connectivity index (χ0n) is 11.6.